The standard InChI is InChI=1S/C49H98NO7P/c1-6-8-10-12-14-16-18-20-22-24-25-26-27-29-31-33-35-37-39-41-44-54-46-48(47-56-58(52,53)55-45-43-50(3,4)5)57-49(51)42-40-38-36-34-32-30-28-23-21-19-17-15-13-11-9-7-2/h20,22,48H,6-19,21,23-47H2,1-5H3/b22-20-. The number of carbonyl (C=O) groups is 1. The number of hydrogen-bond acceptors (Lipinski definition) is 7. The Kier molecular flexibility index (Phi) is 42.3. The molecule has 0 fully saturated rings. The van der Waals surface area contributed by atoms with E-state index in [4.69, 9.17) is 18.5 Å². The molecule has 0 aliphatic heterocycles. The molecule has 0 rings (SSSR count). The maximum Gasteiger partial charge on any atom is 0.306 e. The molecule has 0 bridgehead atoms. The lowest BCUT2D eigenvalue weighted by atomic mass is 10.0. The first-order valence-electron chi connectivity index (χ1n) is 24.9. The van der Waals surface area contributed by atoms with Gasteiger partial charge >= 0.3 is 5.97 Å². The Labute approximate surface area is 360 Å². The predicted molar refractivity (Wildman–Crippen MR) is 245 cm³/mol. The summed E-state index contributed by atoms with van der Waals surface area (Å²) in [5.41, 5.74) is 0. The molecule has 0 aromatic carbocycles. The van der Waals surface area contributed by atoms with Gasteiger partial charge in [-0.15, -0.1) is 0 Å². The smallest absolute Gasteiger partial charge is 0.306 e. The third-order valence-electron chi connectivity index (χ3n) is 11.1. The fourth-order valence-corrected chi connectivity index (χ4v) is 7.92. The number of hydrogen-bond donors (Lipinski definition) is 0. The first-order chi connectivity index (χ1) is 28.1. The van der Waals surface area contributed by atoms with Gasteiger partial charge in [0, 0.05) is 13.0 Å². The highest BCUT2D eigenvalue weighted by Crippen LogP contribution is 2.38. The number of carbonyl (C=O) groups excluding carboxylic acids is 1. The van der Waals surface area contributed by atoms with Crippen molar-refractivity contribution < 1.29 is 37.3 Å². The summed E-state index contributed by atoms with van der Waals surface area (Å²) in [4.78, 5) is 25.1. The van der Waals surface area contributed by atoms with Crippen molar-refractivity contribution in [1.29, 1.82) is 0 Å². The number of phosphoric ester groups is 1. The highest BCUT2D eigenvalue weighted by Gasteiger charge is 2.20. The molecule has 0 spiro atoms. The summed E-state index contributed by atoms with van der Waals surface area (Å²) in [6, 6.07) is 0. The van der Waals surface area contributed by atoms with E-state index < -0.39 is 13.9 Å². The summed E-state index contributed by atoms with van der Waals surface area (Å²) in [7, 11) is 1.37. The molecule has 0 N–H and O–H groups in total. The number of esters is 1. The summed E-state index contributed by atoms with van der Waals surface area (Å²) in [6.07, 6.45) is 48.0. The number of allylic oxidation sites excluding steroid dienone is 2. The highest BCUT2D eigenvalue weighted by atomic mass is 31.2. The van der Waals surface area contributed by atoms with Gasteiger partial charge in [-0.2, -0.15) is 0 Å². The fraction of sp³-hybridized carbons (Fsp3) is 0.939. The van der Waals surface area contributed by atoms with Crippen LogP contribution in [0.3, 0.4) is 0 Å². The third-order valence-corrected chi connectivity index (χ3v) is 12.0. The molecule has 0 saturated carbocycles. The number of ether oxygens (including phenoxy) is 2. The lowest BCUT2D eigenvalue weighted by molar-refractivity contribution is -0.870. The highest BCUT2D eigenvalue weighted by molar-refractivity contribution is 7.45. The molecule has 58 heavy (non-hydrogen) atoms. The zero-order valence-electron chi connectivity index (χ0n) is 39.3. The van der Waals surface area contributed by atoms with Gasteiger partial charge < -0.3 is 27.9 Å². The topological polar surface area (TPSA) is 94.1 Å². The number of rotatable bonds is 47. The average molecular weight is 844 g/mol. The minimum absolute atomic E-state index is 0.0295. The van der Waals surface area contributed by atoms with Crippen molar-refractivity contribution in [3.8, 4) is 0 Å². The van der Waals surface area contributed by atoms with Gasteiger partial charge in [-0.05, 0) is 38.5 Å². The third kappa shape index (κ3) is 46.3. The molecule has 0 aromatic rings. The van der Waals surface area contributed by atoms with Crippen LogP contribution in [0.4, 0.5) is 0 Å². The number of phosphoric acid groups is 1. The van der Waals surface area contributed by atoms with E-state index in [1.54, 1.807) is 0 Å². The van der Waals surface area contributed by atoms with Crippen molar-refractivity contribution in [3.05, 3.63) is 12.2 Å². The largest absolute Gasteiger partial charge is 0.756 e. The predicted octanol–water partition coefficient (Wildman–Crippen LogP) is 14.4. The van der Waals surface area contributed by atoms with Gasteiger partial charge in [-0.1, -0.05) is 206 Å². The minimum Gasteiger partial charge on any atom is -0.756 e. The van der Waals surface area contributed by atoms with Gasteiger partial charge in [-0.25, -0.2) is 0 Å². The molecule has 8 nitrogen and oxygen atoms in total. The summed E-state index contributed by atoms with van der Waals surface area (Å²) < 4.78 is 34.7. The summed E-state index contributed by atoms with van der Waals surface area (Å²) >= 11 is 0. The molecule has 0 radical (unpaired) electrons. The molecular weight excluding hydrogens is 746 g/mol. The zero-order valence-corrected chi connectivity index (χ0v) is 40.2. The van der Waals surface area contributed by atoms with Crippen LogP contribution in [0, 0.1) is 0 Å². The maximum atomic E-state index is 12.7. The van der Waals surface area contributed by atoms with Gasteiger partial charge in [-0.3, -0.25) is 9.36 Å². The van der Waals surface area contributed by atoms with Crippen LogP contribution in [0.25, 0.3) is 0 Å². The average Bonchev–Trinajstić information content (AvgIpc) is 3.18. The van der Waals surface area contributed by atoms with E-state index in [0.29, 0.717) is 24.1 Å². The normalized spacial score (nSPS) is 13.7. The van der Waals surface area contributed by atoms with Crippen LogP contribution < -0.4 is 4.89 Å². The first kappa shape index (κ1) is 57.2. The Morgan fingerprint density at radius 1 is 0.517 bits per heavy atom. The summed E-state index contributed by atoms with van der Waals surface area (Å²) in [6.45, 7) is 5.46. The van der Waals surface area contributed by atoms with E-state index in [1.165, 1.54) is 186 Å². The Hall–Kier alpha value is -0.760. The van der Waals surface area contributed by atoms with E-state index in [0.717, 1.165) is 32.1 Å². The van der Waals surface area contributed by atoms with Crippen LogP contribution in [-0.2, 0) is 27.9 Å². The van der Waals surface area contributed by atoms with Crippen LogP contribution in [0.15, 0.2) is 12.2 Å². The van der Waals surface area contributed by atoms with E-state index in [1.807, 2.05) is 21.1 Å². The van der Waals surface area contributed by atoms with Crippen LogP contribution in [0.5, 0.6) is 0 Å². The Morgan fingerprint density at radius 3 is 1.31 bits per heavy atom. The Balaban J connectivity index is 4.12. The number of quaternary nitrogens is 1. The quantitative estimate of drug-likeness (QED) is 0.0198. The van der Waals surface area contributed by atoms with Crippen molar-refractivity contribution in [2.75, 3.05) is 54.1 Å². The van der Waals surface area contributed by atoms with Crippen LogP contribution >= 0.6 is 7.82 Å². The van der Waals surface area contributed by atoms with Crippen molar-refractivity contribution >= 4 is 13.8 Å². The molecule has 0 aliphatic rings. The molecule has 2 unspecified atom stereocenters. The molecular formula is C49H98NO7P. The van der Waals surface area contributed by atoms with E-state index in [9.17, 15) is 14.3 Å². The molecule has 0 saturated heterocycles. The molecule has 0 aromatic heterocycles. The van der Waals surface area contributed by atoms with Crippen LogP contribution in [-0.4, -0.2) is 70.7 Å². The zero-order chi connectivity index (χ0) is 42.7. The summed E-state index contributed by atoms with van der Waals surface area (Å²) in [5, 5.41) is 0. The second-order valence-corrected chi connectivity index (χ2v) is 19.6. The molecule has 0 aliphatic carbocycles. The van der Waals surface area contributed by atoms with Gasteiger partial charge in [0.1, 0.15) is 19.3 Å². The van der Waals surface area contributed by atoms with E-state index in [2.05, 4.69) is 26.0 Å². The Morgan fingerprint density at radius 2 is 0.897 bits per heavy atom. The van der Waals surface area contributed by atoms with Gasteiger partial charge in [0.05, 0.1) is 34.4 Å². The molecule has 0 amide bonds. The van der Waals surface area contributed by atoms with E-state index >= 15 is 0 Å². The lowest BCUT2D eigenvalue weighted by Gasteiger charge is -2.28. The fourth-order valence-electron chi connectivity index (χ4n) is 7.19. The lowest BCUT2D eigenvalue weighted by Crippen LogP contribution is -2.37. The molecule has 2 atom stereocenters. The van der Waals surface area contributed by atoms with Gasteiger partial charge in [0.15, 0.2) is 0 Å². The SMILES string of the molecule is CCCCCCCC/C=C\CCCCCCCCCCCCOCC(COP(=O)([O-])OCC[N+](C)(C)C)OC(=O)CCCCCCCCCCCCCCCCCC. The van der Waals surface area contributed by atoms with Crippen molar-refractivity contribution in [2.24, 2.45) is 0 Å². The summed E-state index contributed by atoms with van der Waals surface area (Å²) in [5.74, 6) is -0.329. The molecule has 9 heteroatoms. The number of nitrogens with zero attached hydrogens (tertiary/aromatic N) is 1. The van der Waals surface area contributed by atoms with Crippen LogP contribution in [0.1, 0.15) is 239 Å². The number of likely N-dealkylation sites (N-methyl/N-ethyl adjacent to an activating group) is 1. The van der Waals surface area contributed by atoms with Crippen molar-refractivity contribution in [1.82, 2.24) is 0 Å². The van der Waals surface area contributed by atoms with Crippen molar-refractivity contribution in [3.63, 3.8) is 0 Å². The maximum absolute atomic E-state index is 12.7. The monoisotopic (exact) mass is 844 g/mol. The van der Waals surface area contributed by atoms with Crippen LogP contribution in [0.2, 0.25) is 0 Å². The second kappa shape index (κ2) is 42.9. The first-order valence-corrected chi connectivity index (χ1v) is 26.4. The molecule has 346 valence electrons. The second-order valence-electron chi connectivity index (χ2n) is 18.2. The van der Waals surface area contributed by atoms with Crippen molar-refractivity contribution in [2.45, 2.75) is 245 Å². The van der Waals surface area contributed by atoms with Gasteiger partial charge in [0.25, 0.3) is 7.82 Å². The molecule has 0 heterocycles. The van der Waals surface area contributed by atoms with E-state index in [-0.39, 0.29) is 25.8 Å². The minimum atomic E-state index is -4.52. The number of unbranched alkanes of at least 4 members (excludes halogenated alkanes) is 31. The Bertz CT molecular complexity index is 940. The van der Waals surface area contributed by atoms with Gasteiger partial charge in [0.2, 0.25) is 0 Å².